The van der Waals surface area contributed by atoms with Crippen molar-refractivity contribution in [3.8, 4) is 11.3 Å². The molecule has 0 aliphatic heterocycles. The lowest BCUT2D eigenvalue weighted by atomic mass is 10.0. The zero-order chi connectivity index (χ0) is 27.4. The van der Waals surface area contributed by atoms with Crippen molar-refractivity contribution in [3.05, 3.63) is 71.4 Å². The molecule has 0 spiro atoms. The molecular formula is C26H25F3N4O4. The maximum atomic E-state index is 13.3. The Kier molecular flexibility index (Phi) is 7.95. The van der Waals surface area contributed by atoms with Gasteiger partial charge >= 0.3 is 12.3 Å². The average molecular weight is 515 g/mol. The molecule has 0 bridgehead atoms. The standard InChI is InChI=1S/C26H25F3N4O4/c1-15-8-10-19(33-32-15)16-6-5-7-17(12-16)22(34)14-23(35)30-21-13-18(26(27,28)29)9-11-20(21)31-24(36)37-25(2,3)4/h5-13H,14H2,1-4H3,(H,30,35)(H,31,36). The third-order valence-electron chi connectivity index (χ3n) is 4.86. The monoisotopic (exact) mass is 514 g/mol. The topological polar surface area (TPSA) is 110 Å². The molecule has 0 saturated carbocycles. The largest absolute Gasteiger partial charge is 0.444 e. The number of aryl methyl sites for hydroxylation is 1. The Bertz CT molecular complexity index is 1320. The Morgan fingerprint density at radius 2 is 1.62 bits per heavy atom. The second kappa shape index (κ2) is 10.8. The summed E-state index contributed by atoms with van der Waals surface area (Å²) < 4.78 is 44.9. The van der Waals surface area contributed by atoms with Crippen LogP contribution in [-0.4, -0.2) is 33.6 Å². The van der Waals surface area contributed by atoms with Gasteiger partial charge in [-0.3, -0.25) is 14.9 Å². The van der Waals surface area contributed by atoms with Gasteiger partial charge in [0.15, 0.2) is 5.78 Å². The van der Waals surface area contributed by atoms with E-state index in [1.54, 1.807) is 58.0 Å². The quantitative estimate of drug-likeness (QED) is 0.307. The minimum atomic E-state index is -4.70. The Morgan fingerprint density at radius 3 is 2.24 bits per heavy atom. The minimum absolute atomic E-state index is 0.122. The summed E-state index contributed by atoms with van der Waals surface area (Å²) >= 11 is 0. The Morgan fingerprint density at radius 1 is 0.892 bits per heavy atom. The van der Waals surface area contributed by atoms with E-state index in [-0.39, 0.29) is 16.9 Å². The van der Waals surface area contributed by atoms with Crippen LogP contribution in [0.15, 0.2) is 54.6 Å². The molecule has 0 unspecified atom stereocenters. The van der Waals surface area contributed by atoms with Crippen LogP contribution in [0.1, 0.15) is 48.8 Å². The number of anilines is 2. The number of aromatic nitrogens is 2. The van der Waals surface area contributed by atoms with Gasteiger partial charge in [0.1, 0.15) is 5.60 Å². The molecule has 194 valence electrons. The van der Waals surface area contributed by atoms with Gasteiger partial charge in [-0.25, -0.2) is 4.79 Å². The molecule has 0 aliphatic rings. The zero-order valence-corrected chi connectivity index (χ0v) is 20.6. The van der Waals surface area contributed by atoms with E-state index < -0.39 is 41.5 Å². The lowest BCUT2D eigenvalue weighted by molar-refractivity contribution is -0.137. The highest BCUT2D eigenvalue weighted by Gasteiger charge is 2.31. The molecule has 2 N–H and O–H groups in total. The minimum Gasteiger partial charge on any atom is -0.444 e. The van der Waals surface area contributed by atoms with Crippen LogP contribution in [-0.2, 0) is 15.7 Å². The maximum absolute atomic E-state index is 13.3. The number of rotatable bonds is 6. The summed E-state index contributed by atoms with van der Waals surface area (Å²) in [7, 11) is 0. The molecular weight excluding hydrogens is 489 g/mol. The van der Waals surface area contributed by atoms with Crippen LogP contribution >= 0.6 is 0 Å². The van der Waals surface area contributed by atoms with E-state index in [9.17, 15) is 27.6 Å². The van der Waals surface area contributed by atoms with Crippen molar-refractivity contribution in [2.75, 3.05) is 10.6 Å². The smallest absolute Gasteiger partial charge is 0.416 e. The van der Waals surface area contributed by atoms with Crippen molar-refractivity contribution >= 4 is 29.2 Å². The third kappa shape index (κ3) is 7.86. The van der Waals surface area contributed by atoms with Gasteiger partial charge in [0, 0.05) is 11.1 Å². The maximum Gasteiger partial charge on any atom is 0.416 e. The molecule has 8 nitrogen and oxygen atoms in total. The number of halogens is 3. The second-order valence-electron chi connectivity index (χ2n) is 9.17. The lowest BCUT2D eigenvalue weighted by Gasteiger charge is -2.21. The molecule has 1 heterocycles. The summed E-state index contributed by atoms with van der Waals surface area (Å²) in [6.07, 6.45) is -6.26. The summed E-state index contributed by atoms with van der Waals surface area (Å²) in [6.45, 7) is 6.64. The Labute approximate surface area is 211 Å². The number of alkyl halides is 3. The fourth-order valence-electron chi connectivity index (χ4n) is 3.19. The van der Waals surface area contributed by atoms with Gasteiger partial charge < -0.3 is 10.1 Å². The van der Waals surface area contributed by atoms with Crippen molar-refractivity contribution in [1.82, 2.24) is 10.2 Å². The first-order valence-corrected chi connectivity index (χ1v) is 11.2. The van der Waals surface area contributed by atoms with Gasteiger partial charge in [-0.1, -0.05) is 18.2 Å². The van der Waals surface area contributed by atoms with Gasteiger partial charge in [-0.05, 0) is 64.1 Å². The molecule has 0 radical (unpaired) electrons. The van der Waals surface area contributed by atoms with E-state index in [2.05, 4.69) is 20.8 Å². The van der Waals surface area contributed by atoms with Crippen LogP contribution in [0.2, 0.25) is 0 Å². The van der Waals surface area contributed by atoms with Crippen LogP contribution in [0.25, 0.3) is 11.3 Å². The number of nitrogens with one attached hydrogen (secondary N) is 2. The van der Waals surface area contributed by atoms with E-state index in [0.717, 1.165) is 17.8 Å². The SMILES string of the molecule is Cc1ccc(-c2cccc(C(=O)CC(=O)Nc3cc(C(F)(F)F)ccc3NC(=O)OC(C)(C)C)c2)nn1. The van der Waals surface area contributed by atoms with E-state index in [4.69, 9.17) is 4.74 Å². The van der Waals surface area contributed by atoms with E-state index in [0.29, 0.717) is 17.3 Å². The molecule has 0 aliphatic carbocycles. The number of benzene rings is 2. The average Bonchev–Trinajstić information content (AvgIpc) is 2.78. The highest BCUT2D eigenvalue weighted by molar-refractivity contribution is 6.12. The number of carbonyl (C=O) groups excluding carboxylic acids is 3. The number of carbonyl (C=O) groups is 3. The highest BCUT2D eigenvalue weighted by Crippen LogP contribution is 2.34. The first-order valence-electron chi connectivity index (χ1n) is 11.2. The lowest BCUT2D eigenvalue weighted by Crippen LogP contribution is -2.28. The molecule has 0 atom stereocenters. The summed E-state index contributed by atoms with van der Waals surface area (Å²) in [5, 5.41) is 12.7. The fourth-order valence-corrected chi connectivity index (χ4v) is 3.19. The van der Waals surface area contributed by atoms with Crippen LogP contribution in [0.3, 0.4) is 0 Å². The molecule has 1 aromatic heterocycles. The van der Waals surface area contributed by atoms with Gasteiger partial charge in [-0.2, -0.15) is 23.4 Å². The van der Waals surface area contributed by atoms with Crippen LogP contribution in [0.4, 0.5) is 29.3 Å². The molecule has 2 amide bonds. The number of nitrogens with zero attached hydrogens (tertiary/aromatic N) is 2. The first kappa shape index (κ1) is 27.3. The summed E-state index contributed by atoms with van der Waals surface area (Å²) in [5.74, 6) is -1.43. The van der Waals surface area contributed by atoms with Gasteiger partial charge in [-0.15, -0.1) is 0 Å². The number of ether oxygens (including phenoxy) is 1. The predicted molar refractivity (Wildman–Crippen MR) is 131 cm³/mol. The summed E-state index contributed by atoms with van der Waals surface area (Å²) in [5.41, 5.74) is -0.272. The molecule has 0 saturated heterocycles. The van der Waals surface area contributed by atoms with E-state index in [1.165, 1.54) is 6.07 Å². The van der Waals surface area contributed by atoms with Crippen molar-refractivity contribution in [3.63, 3.8) is 0 Å². The summed E-state index contributed by atoms with van der Waals surface area (Å²) in [6, 6.07) is 12.4. The number of amides is 2. The number of ketones is 1. The Balaban J connectivity index is 1.79. The second-order valence-corrected chi connectivity index (χ2v) is 9.17. The van der Waals surface area contributed by atoms with Crippen molar-refractivity contribution in [1.29, 1.82) is 0 Å². The molecule has 0 fully saturated rings. The zero-order valence-electron chi connectivity index (χ0n) is 20.6. The molecule has 3 aromatic rings. The Hall–Kier alpha value is -4.28. The van der Waals surface area contributed by atoms with E-state index >= 15 is 0 Å². The van der Waals surface area contributed by atoms with Crippen LogP contribution in [0, 0.1) is 6.92 Å². The number of Topliss-reactive ketones (excluding diaryl/α,β-unsaturated/α-hetero) is 1. The van der Waals surface area contributed by atoms with Crippen LogP contribution < -0.4 is 10.6 Å². The van der Waals surface area contributed by atoms with Crippen LogP contribution in [0.5, 0.6) is 0 Å². The van der Waals surface area contributed by atoms with Crippen molar-refractivity contribution < 1.29 is 32.3 Å². The molecule has 2 aromatic carbocycles. The van der Waals surface area contributed by atoms with Crippen molar-refractivity contribution in [2.24, 2.45) is 0 Å². The highest BCUT2D eigenvalue weighted by atomic mass is 19.4. The van der Waals surface area contributed by atoms with Crippen molar-refractivity contribution in [2.45, 2.75) is 45.9 Å². The first-order chi connectivity index (χ1) is 17.2. The van der Waals surface area contributed by atoms with Gasteiger partial charge in [0.25, 0.3) is 0 Å². The normalized spacial score (nSPS) is 11.5. The van der Waals surface area contributed by atoms with Gasteiger partial charge in [0.2, 0.25) is 5.91 Å². The number of hydrogen-bond acceptors (Lipinski definition) is 6. The van der Waals surface area contributed by atoms with E-state index in [1.807, 2.05) is 0 Å². The number of hydrogen-bond donors (Lipinski definition) is 2. The molecule has 37 heavy (non-hydrogen) atoms. The molecule has 3 rings (SSSR count). The fraction of sp³-hybridized carbons (Fsp3) is 0.269. The van der Waals surface area contributed by atoms with Gasteiger partial charge in [0.05, 0.1) is 34.7 Å². The third-order valence-corrected chi connectivity index (χ3v) is 4.86. The molecule has 11 heteroatoms. The summed E-state index contributed by atoms with van der Waals surface area (Å²) in [4.78, 5) is 37.5. The predicted octanol–water partition coefficient (Wildman–Crippen LogP) is 6.03.